The van der Waals surface area contributed by atoms with Crippen molar-refractivity contribution in [2.24, 2.45) is 0 Å². The van der Waals surface area contributed by atoms with E-state index in [4.69, 9.17) is 16.3 Å². The molecule has 2 saturated heterocycles. The zero-order valence-electron chi connectivity index (χ0n) is 17.7. The minimum Gasteiger partial charge on any atom is -0.461 e. The molecule has 6 nitrogen and oxygen atoms in total. The third kappa shape index (κ3) is 3.49. The summed E-state index contributed by atoms with van der Waals surface area (Å²) < 4.78 is 21.7. The van der Waals surface area contributed by atoms with Gasteiger partial charge in [0.15, 0.2) is 5.82 Å². The smallest absolute Gasteiger partial charge is 0.319 e. The fourth-order valence-corrected chi connectivity index (χ4v) is 5.15. The molecule has 0 spiro atoms. The molecule has 0 unspecified atom stereocenters. The molecule has 0 radical (unpaired) electrons. The third-order valence-corrected chi connectivity index (χ3v) is 6.81. The molecule has 5 rings (SSSR count). The van der Waals surface area contributed by atoms with E-state index in [0.29, 0.717) is 28.4 Å². The van der Waals surface area contributed by atoms with Crippen molar-refractivity contribution in [3.05, 3.63) is 41.3 Å². The molecular formula is C23H25ClFN5O. The van der Waals surface area contributed by atoms with Crippen molar-refractivity contribution in [2.75, 3.05) is 38.7 Å². The van der Waals surface area contributed by atoms with E-state index in [9.17, 15) is 0 Å². The largest absolute Gasteiger partial charge is 0.461 e. The van der Waals surface area contributed by atoms with Crippen molar-refractivity contribution in [2.45, 2.75) is 31.2 Å². The minimum absolute atomic E-state index is 0.0656. The number of aromatic nitrogens is 3. The van der Waals surface area contributed by atoms with Gasteiger partial charge < -0.3 is 9.64 Å². The number of rotatable bonds is 5. The lowest BCUT2D eigenvalue weighted by Gasteiger charge is -2.31. The van der Waals surface area contributed by atoms with Gasteiger partial charge in [0.2, 0.25) is 0 Å². The maximum absolute atomic E-state index is 15.6. The molecule has 4 heterocycles. The Morgan fingerprint density at radius 1 is 1.16 bits per heavy atom. The van der Waals surface area contributed by atoms with Gasteiger partial charge in [0.1, 0.15) is 23.6 Å². The summed E-state index contributed by atoms with van der Waals surface area (Å²) in [6.45, 7) is 2.76. The van der Waals surface area contributed by atoms with Gasteiger partial charge >= 0.3 is 6.01 Å². The van der Waals surface area contributed by atoms with Crippen LogP contribution < -0.4 is 9.64 Å². The van der Waals surface area contributed by atoms with Gasteiger partial charge in [0.25, 0.3) is 0 Å². The van der Waals surface area contributed by atoms with Crippen LogP contribution in [0.4, 0.5) is 10.2 Å². The summed E-state index contributed by atoms with van der Waals surface area (Å²) in [5.74, 6) is 0.0479. The van der Waals surface area contributed by atoms with Crippen molar-refractivity contribution >= 4 is 28.3 Å². The van der Waals surface area contributed by atoms with E-state index < -0.39 is 5.82 Å². The maximum Gasteiger partial charge on any atom is 0.319 e. The molecule has 8 heteroatoms. The van der Waals surface area contributed by atoms with E-state index in [1.165, 1.54) is 12.8 Å². The molecule has 0 saturated carbocycles. The van der Waals surface area contributed by atoms with Crippen LogP contribution in [-0.2, 0) is 0 Å². The Morgan fingerprint density at radius 3 is 2.61 bits per heavy atom. The summed E-state index contributed by atoms with van der Waals surface area (Å²) in [7, 11) is 3.72. The first kappa shape index (κ1) is 20.4. The van der Waals surface area contributed by atoms with Crippen molar-refractivity contribution in [3.8, 4) is 17.3 Å². The first-order valence-electron chi connectivity index (χ1n) is 10.6. The van der Waals surface area contributed by atoms with E-state index in [-0.39, 0.29) is 22.8 Å². The average Bonchev–Trinajstić information content (AvgIpc) is 3.33. The molecule has 162 valence electrons. The normalized spacial score (nSPS) is 17.8. The second-order valence-electron chi connectivity index (χ2n) is 8.59. The average molecular weight is 442 g/mol. The molecular weight excluding hydrogens is 417 g/mol. The fourth-order valence-electron chi connectivity index (χ4n) is 4.93. The van der Waals surface area contributed by atoms with Gasteiger partial charge in [-0.2, -0.15) is 9.97 Å². The highest BCUT2D eigenvalue weighted by molar-refractivity contribution is 6.33. The monoisotopic (exact) mass is 441 g/mol. The first-order valence-corrected chi connectivity index (χ1v) is 11.0. The topological polar surface area (TPSA) is 54.4 Å². The Balaban J connectivity index is 1.56. The Morgan fingerprint density at radius 2 is 1.90 bits per heavy atom. The summed E-state index contributed by atoms with van der Waals surface area (Å²) in [5, 5.41) is 0.973. The van der Waals surface area contributed by atoms with Crippen LogP contribution in [0.2, 0.25) is 5.02 Å². The number of fused-ring (bicyclic) bond motifs is 2. The fraction of sp³-hybridized carbons (Fsp3) is 0.435. The van der Waals surface area contributed by atoms with Crippen LogP contribution >= 0.6 is 11.6 Å². The van der Waals surface area contributed by atoms with Crippen molar-refractivity contribution in [1.82, 2.24) is 19.9 Å². The number of anilines is 1. The first-order chi connectivity index (χ1) is 15.0. The Kier molecular flexibility index (Phi) is 5.18. The maximum atomic E-state index is 15.6. The second kappa shape index (κ2) is 7.88. The number of hydrogen-bond donors (Lipinski definition) is 0. The highest BCUT2D eigenvalue weighted by atomic mass is 35.5. The second-order valence-corrected chi connectivity index (χ2v) is 9.00. The zero-order chi connectivity index (χ0) is 21.6. The van der Waals surface area contributed by atoms with Crippen LogP contribution in [0.3, 0.4) is 0 Å². The van der Waals surface area contributed by atoms with Gasteiger partial charge in [-0.15, -0.1) is 0 Å². The van der Waals surface area contributed by atoms with Crippen LogP contribution in [0.5, 0.6) is 6.01 Å². The Bertz CT molecular complexity index is 1130. The number of pyridine rings is 1. The molecule has 0 aliphatic carbocycles. The summed E-state index contributed by atoms with van der Waals surface area (Å²) >= 11 is 6.29. The van der Waals surface area contributed by atoms with E-state index in [1.807, 2.05) is 19.0 Å². The quantitative estimate of drug-likeness (QED) is 0.578. The van der Waals surface area contributed by atoms with Gasteiger partial charge in [-0.25, -0.2) is 4.39 Å². The van der Waals surface area contributed by atoms with Crippen LogP contribution in [0, 0.1) is 5.82 Å². The molecule has 2 fully saturated rings. The van der Waals surface area contributed by atoms with E-state index >= 15 is 4.39 Å². The van der Waals surface area contributed by atoms with Gasteiger partial charge in [-0.05, 0) is 44.8 Å². The summed E-state index contributed by atoms with van der Waals surface area (Å²) in [6, 6.07) is 7.27. The number of halogens is 2. The molecule has 0 atom stereocenters. The lowest BCUT2D eigenvalue weighted by molar-refractivity contribution is 0.108. The Labute approximate surface area is 186 Å². The van der Waals surface area contributed by atoms with Crippen LogP contribution in [0.1, 0.15) is 25.7 Å². The zero-order valence-corrected chi connectivity index (χ0v) is 18.5. The SMILES string of the molecule is CN(C)c1nc(OCC23CCCN2CCC3)nc2c(F)c(-c3ccccc3Cl)ncc12. The van der Waals surface area contributed by atoms with Gasteiger partial charge in [0.05, 0.1) is 15.9 Å². The van der Waals surface area contributed by atoms with Crippen molar-refractivity contribution in [3.63, 3.8) is 0 Å². The molecule has 2 aliphatic rings. The van der Waals surface area contributed by atoms with E-state index in [2.05, 4.69) is 19.9 Å². The van der Waals surface area contributed by atoms with Gasteiger partial charge in [0, 0.05) is 25.9 Å². The van der Waals surface area contributed by atoms with Crippen LogP contribution in [-0.4, -0.2) is 59.2 Å². The van der Waals surface area contributed by atoms with E-state index in [0.717, 1.165) is 25.9 Å². The third-order valence-electron chi connectivity index (χ3n) is 6.48. The predicted molar refractivity (Wildman–Crippen MR) is 120 cm³/mol. The van der Waals surface area contributed by atoms with Crippen LogP contribution in [0.15, 0.2) is 30.5 Å². The lowest BCUT2D eigenvalue weighted by atomic mass is 9.95. The molecule has 3 aromatic rings. The summed E-state index contributed by atoms with van der Waals surface area (Å²) in [5.41, 5.74) is 0.952. The molecule has 0 bridgehead atoms. The number of benzene rings is 1. The lowest BCUT2D eigenvalue weighted by Crippen LogP contribution is -2.43. The number of ether oxygens (including phenoxy) is 1. The number of nitrogens with zero attached hydrogens (tertiary/aromatic N) is 5. The molecule has 2 aromatic heterocycles. The number of hydrogen-bond acceptors (Lipinski definition) is 6. The molecule has 2 aliphatic heterocycles. The minimum atomic E-state index is -0.525. The highest BCUT2D eigenvalue weighted by Gasteiger charge is 2.45. The molecule has 1 aromatic carbocycles. The standard InChI is InChI=1S/C23H25ClFN5O/c1-29(2)21-16-13-26-19(15-7-3-4-8-17(15)24)18(25)20(16)27-22(28-21)31-14-23-9-5-11-30(23)12-6-10-23/h3-4,7-8,13H,5-6,9-12,14H2,1-2H3. The molecule has 0 N–H and O–H groups in total. The van der Waals surface area contributed by atoms with Gasteiger partial charge in [-0.3, -0.25) is 9.88 Å². The molecule has 31 heavy (non-hydrogen) atoms. The summed E-state index contributed by atoms with van der Waals surface area (Å²) in [6.07, 6.45) is 6.22. The van der Waals surface area contributed by atoms with Crippen molar-refractivity contribution < 1.29 is 9.13 Å². The molecule has 0 amide bonds. The van der Waals surface area contributed by atoms with Crippen LogP contribution in [0.25, 0.3) is 22.2 Å². The Hall–Kier alpha value is -2.51. The van der Waals surface area contributed by atoms with E-state index in [1.54, 1.807) is 30.5 Å². The predicted octanol–water partition coefficient (Wildman–Crippen LogP) is 4.56. The summed E-state index contributed by atoms with van der Waals surface area (Å²) in [4.78, 5) is 17.7. The van der Waals surface area contributed by atoms with Crippen molar-refractivity contribution in [1.29, 1.82) is 0 Å². The highest BCUT2D eigenvalue weighted by Crippen LogP contribution is 2.39. The van der Waals surface area contributed by atoms with Gasteiger partial charge in [-0.1, -0.05) is 29.8 Å².